The molecule has 1 aromatic carbocycles. The number of likely N-dealkylation sites (N-methyl/N-ethyl adjacent to an activating group) is 1. The molecule has 4 N–H and O–H groups in total. The Balaban J connectivity index is 2.24. The lowest BCUT2D eigenvalue weighted by Gasteiger charge is -2.24. The van der Waals surface area contributed by atoms with Gasteiger partial charge in [-0.15, -0.1) is 0 Å². The van der Waals surface area contributed by atoms with Gasteiger partial charge < -0.3 is 16.0 Å². The summed E-state index contributed by atoms with van der Waals surface area (Å²) in [5.74, 6) is -1.97. The van der Waals surface area contributed by atoms with Crippen molar-refractivity contribution in [1.82, 2.24) is 14.9 Å². The van der Waals surface area contributed by atoms with Crippen molar-refractivity contribution < 1.29 is 13.6 Å². The highest BCUT2D eigenvalue weighted by Crippen LogP contribution is 2.19. The number of hydrogen-bond acceptors (Lipinski definition) is 5. The number of rotatable bonds is 9. The Labute approximate surface area is 172 Å². The Bertz CT molecular complexity index is 1020. The summed E-state index contributed by atoms with van der Waals surface area (Å²) >= 11 is 0. The summed E-state index contributed by atoms with van der Waals surface area (Å²) in [4.78, 5) is 40.6. The fourth-order valence-electron chi connectivity index (χ4n) is 3.13. The van der Waals surface area contributed by atoms with Crippen molar-refractivity contribution in [2.45, 2.75) is 46.2 Å². The number of anilines is 2. The standard InChI is InChI=1S/C20H27F2N5O3/c1-4-6-9-27-18(23)17(19(29)25-20(27)30)26(5-2)16(28)11-24-12(3)14-8-7-13(21)10-15(14)22/h7-8,10,12,24H,4-6,9,11,23H2,1-3H3,(H,25,29,30)/t12-/m1/s1. The van der Waals surface area contributed by atoms with Gasteiger partial charge >= 0.3 is 5.69 Å². The summed E-state index contributed by atoms with van der Waals surface area (Å²) in [5, 5.41) is 2.87. The fourth-order valence-corrected chi connectivity index (χ4v) is 3.13. The average molecular weight is 423 g/mol. The number of halogens is 2. The molecule has 0 unspecified atom stereocenters. The van der Waals surface area contributed by atoms with E-state index < -0.39 is 34.8 Å². The molecule has 0 aliphatic heterocycles. The number of hydrogen-bond donors (Lipinski definition) is 3. The largest absolute Gasteiger partial charge is 0.383 e. The van der Waals surface area contributed by atoms with Crippen molar-refractivity contribution in [3.05, 3.63) is 56.2 Å². The zero-order valence-electron chi connectivity index (χ0n) is 17.3. The van der Waals surface area contributed by atoms with E-state index in [9.17, 15) is 23.2 Å². The van der Waals surface area contributed by atoms with Crippen molar-refractivity contribution in [1.29, 1.82) is 0 Å². The van der Waals surface area contributed by atoms with Gasteiger partial charge in [-0.2, -0.15) is 0 Å². The minimum atomic E-state index is -0.752. The van der Waals surface area contributed by atoms with Gasteiger partial charge in [-0.3, -0.25) is 19.1 Å². The van der Waals surface area contributed by atoms with E-state index in [-0.39, 0.29) is 30.2 Å². The lowest BCUT2D eigenvalue weighted by atomic mass is 10.1. The summed E-state index contributed by atoms with van der Waals surface area (Å²) in [6.07, 6.45) is 1.50. The minimum absolute atomic E-state index is 0.0787. The molecule has 0 radical (unpaired) electrons. The number of aromatic nitrogens is 2. The van der Waals surface area contributed by atoms with E-state index in [2.05, 4.69) is 10.3 Å². The molecule has 0 saturated carbocycles. The molecule has 1 amide bonds. The average Bonchev–Trinajstić information content (AvgIpc) is 2.68. The van der Waals surface area contributed by atoms with E-state index in [4.69, 9.17) is 5.73 Å². The van der Waals surface area contributed by atoms with Gasteiger partial charge in [-0.25, -0.2) is 13.6 Å². The van der Waals surface area contributed by atoms with Gasteiger partial charge in [-0.05, 0) is 26.3 Å². The lowest BCUT2D eigenvalue weighted by Crippen LogP contribution is -2.44. The third kappa shape index (κ3) is 5.12. The van der Waals surface area contributed by atoms with Crippen molar-refractivity contribution in [3.8, 4) is 0 Å². The highest BCUT2D eigenvalue weighted by atomic mass is 19.1. The Morgan fingerprint density at radius 1 is 1.30 bits per heavy atom. The van der Waals surface area contributed by atoms with Crippen LogP contribution in [-0.2, 0) is 11.3 Å². The van der Waals surface area contributed by atoms with Crippen molar-refractivity contribution in [2.24, 2.45) is 0 Å². The molecule has 0 spiro atoms. The number of benzene rings is 1. The topological polar surface area (TPSA) is 113 Å². The van der Waals surface area contributed by atoms with Gasteiger partial charge in [-0.1, -0.05) is 19.4 Å². The third-order valence-electron chi connectivity index (χ3n) is 4.83. The molecule has 0 saturated heterocycles. The zero-order chi connectivity index (χ0) is 22.4. The summed E-state index contributed by atoms with van der Waals surface area (Å²) in [7, 11) is 0. The first kappa shape index (κ1) is 23.3. The van der Waals surface area contributed by atoms with E-state index in [1.54, 1.807) is 13.8 Å². The molecule has 0 fully saturated rings. The Morgan fingerprint density at radius 3 is 2.60 bits per heavy atom. The Morgan fingerprint density at radius 2 is 2.00 bits per heavy atom. The summed E-state index contributed by atoms with van der Waals surface area (Å²) < 4.78 is 28.3. The molecule has 164 valence electrons. The second-order valence-corrected chi connectivity index (χ2v) is 6.90. The van der Waals surface area contributed by atoms with Gasteiger partial charge in [0.2, 0.25) is 5.91 Å². The summed E-state index contributed by atoms with van der Waals surface area (Å²) in [6.45, 7) is 5.48. The van der Waals surface area contributed by atoms with E-state index in [1.165, 1.54) is 15.5 Å². The highest BCUT2D eigenvalue weighted by Gasteiger charge is 2.23. The number of carbonyl (C=O) groups excluding carboxylic acids is 1. The minimum Gasteiger partial charge on any atom is -0.383 e. The maximum atomic E-state index is 13.9. The number of H-pyrrole nitrogens is 1. The zero-order valence-corrected chi connectivity index (χ0v) is 17.3. The molecule has 0 aliphatic rings. The van der Waals surface area contributed by atoms with E-state index >= 15 is 0 Å². The first-order chi connectivity index (χ1) is 14.2. The molecule has 0 bridgehead atoms. The van der Waals surface area contributed by atoms with Crippen molar-refractivity contribution >= 4 is 17.4 Å². The quantitative estimate of drug-likeness (QED) is 0.570. The van der Waals surface area contributed by atoms with Crippen molar-refractivity contribution in [2.75, 3.05) is 23.7 Å². The molecule has 2 rings (SSSR count). The lowest BCUT2D eigenvalue weighted by molar-refractivity contribution is -0.117. The predicted octanol–water partition coefficient (Wildman–Crippen LogP) is 1.90. The molecule has 8 nitrogen and oxygen atoms in total. The maximum absolute atomic E-state index is 13.9. The van der Waals surface area contributed by atoms with Crippen LogP contribution in [0.15, 0.2) is 27.8 Å². The number of nitrogens with zero attached hydrogens (tertiary/aromatic N) is 2. The number of nitrogen functional groups attached to an aromatic ring is 1. The van der Waals surface area contributed by atoms with Gasteiger partial charge in [0.05, 0.1) is 6.54 Å². The van der Waals surface area contributed by atoms with E-state index in [0.29, 0.717) is 13.0 Å². The number of nitrogens with one attached hydrogen (secondary N) is 2. The Hall–Kier alpha value is -3.01. The van der Waals surface area contributed by atoms with Crippen LogP contribution in [0.4, 0.5) is 20.3 Å². The first-order valence-corrected chi connectivity index (χ1v) is 9.82. The highest BCUT2D eigenvalue weighted by molar-refractivity contribution is 5.96. The number of unbranched alkanes of at least 4 members (excludes halogenated alkanes) is 1. The van der Waals surface area contributed by atoms with Gasteiger partial charge in [0.25, 0.3) is 5.56 Å². The van der Waals surface area contributed by atoms with Crippen LogP contribution in [0, 0.1) is 11.6 Å². The number of amides is 1. The van der Waals surface area contributed by atoms with Crippen LogP contribution in [0.5, 0.6) is 0 Å². The van der Waals surface area contributed by atoms with Crippen molar-refractivity contribution in [3.63, 3.8) is 0 Å². The second-order valence-electron chi connectivity index (χ2n) is 6.90. The van der Waals surface area contributed by atoms with Gasteiger partial charge in [0, 0.05) is 30.8 Å². The van der Waals surface area contributed by atoms with Crippen LogP contribution in [0.2, 0.25) is 0 Å². The predicted molar refractivity (Wildman–Crippen MR) is 111 cm³/mol. The number of aromatic amines is 1. The van der Waals surface area contributed by atoms with Gasteiger partial charge in [0.1, 0.15) is 17.5 Å². The molecule has 1 atom stereocenters. The molecule has 2 aromatic rings. The summed E-state index contributed by atoms with van der Waals surface area (Å²) in [6, 6.07) is 2.63. The van der Waals surface area contributed by atoms with Crippen LogP contribution in [0.1, 0.15) is 45.2 Å². The number of nitrogens with two attached hydrogens (primary N) is 1. The van der Waals surface area contributed by atoms with E-state index in [0.717, 1.165) is 18.6 Å². The normalized spacial score (nSPS) is 12.0. The third-order valence-corrected chi connectivity index (χ3v) is 4.83. The second kappa shape index (κ2) is 10.1. The van der Waals surface area contributed by atoms with Crippen LogP contribution >= 0.6 is 0 Å². The van der Waals surface area contributed by atoms with Crippen LogP contribution < -0.4 is 27.2 Å². The van der Waals surface area contributed by atoms with Crippen LogP contribution in [-0.4, -0.2) is 28.5 Å². The fraction of sp³-hybridized carbons (Fsp3) is 0.450. The SMILES string of the molecule is CCCCn1c(N)c(N(CC)C(=O)CN[C@H](C)c2ccc(F)cc2F)c(=O)[nH]c1=O. The molecule has 1 aromatic heterocycles. The molecule has 1 heterocycles. The monoisotopic (exact) mass is 423 g/mol. The maximum Gasteiger partial charge on any atom is 0.330 e. The molecule has 0 aliphatic carbocycles. The van der Waals surface area contributed by atoms with E-state index in [1.807, 2.05) is 6.92 Å². The van der Waals surface area contributed by atoms with Crippen LogP contribution in [0.3, 0.4) is 0 Å². The van der Waals surface area contributed by atoms with Gasteiger partial charge in [0.15, 0.2) is 5.69 Å². The Kier molecular flexibility index (Phi) is 7.87. The molecular formula is C20H27F2N5O3. The first-order valence-electron chi connectivity index (χ1n) is 9.82. The molecular weight excluding hydrogens is 396 g/mol. The summed E-state index contributed by atoms with van der Waals surface area (Å²) in [5.41, 5.74) is 4.79. The number of carbonyl (C=O) groups is 1. The smallest absolute Gasteiger partial charge is 0.330 e. The molecule has 30 heavy (non-hydrogen) atoms. The van der Waals surface area contributed by atoms with Crippen LogP contribution in [0.25, 0.3) is 0 Å². The molecule has 10 heteroatoms.